The number of ether oxygens (including phenoxy) is 2. The molecule has 1 aromatic rings. The van der Waals surface area contributed by atoms with Gasteiger partial charge in [0.25, 0.3) is 0 Å². The first kappa shape index (κ1) is 19.5. The lowest BCUT2D eigenvalue weighted by atomic mass is 9.99. The third-order valence-electron chi connectivity index (χ3n) is 5.41. The zero-order valence-corrected chi connectivity index (χ0v) is 16.2. The summed E-state index contributed by atoms with van der Waals surface area (Å²) in [5.74, 6) is 2.13. The van der Waals surface area contributed by atoms with Crippen LogP contribution in [0.25, 0.3) is 0 Å². The van der Waals surface area contributed by atoms with Crippen molar-refractivity contribution < 1.29 is 19.1 Å². The summed E-state index contributed by atoms with van der Waals surface area (Å²) in [6, 6.07) is 7.56. The Hall–Kier alpha value is -2.24. The highest BCUT2D eigenvalue weighted by atomic mass is 16.5. The van der Waals surface area contributed by atoms with E-state index in [0.717, 1.165) is 50.1 Å². The van der Waals surface area contributed by atoms with Gasteiger partial charge >= 0.3 is 0 Å². The van der Waals surface area contributed by atoms with E-state index in [9.17, 15) is 9.59 Å². The lowest BCUT2D eigenvalue weighted by molar-refractivity contribution is -0.141. The Balaban J connectivity index is 1.47. The molecule has 3 rings (SSSR count). The number of benzene rings is 1. The van der Waals surface area contributed by atoms with Gasteiger partial charge in [-0.15, -0.1) is 0 Å². The maximum absolute atomic E-state index is 12.7. The van der Waals surface area contributed by atoms with Gasteiger partial charge in [0, 0.05) is 32.0 Å². The van der Waals surface area contributed by atoms with Gasteiger partial charge in [-0.2, -0.15) is 0 Å². The molecular weight excluding hydrogens is 344 g/mol. The number of rotatable bonds is 6. The van der Waals surface area contributed by atoms with Gasteiger partial charge in [-0.3, -0.25) is 9.59 Å². The van der Waals surface area contributed by atoms with Crippen LogP contribution in [-0.2, 0) is 9.59 Å². The van der Waals surface area contributed by atoms with E-state index < -0.39 is 0 Å². The van der Waals surface area contributed by atoms with Gasteiger partial charge in [0.05, 0.1) is 20.3 Å². The Morgan fingerprint density at radius 3 is 2.63 bits per heavy atom. The molecule has 1 atom stereocenters. The van der Waals surface area contributed by atoms with Crippen LogP contribution in [0.5, 0.6) is 11.5 Å². The minimum Gasteiger partial charge on any atom is -0.497 e. The fourth-order valence-corrected chi connectivity index (χ4v) is 3.78. The Bertz CT molecular complexity index is 632. The fourth-order valence-electron chi connectivity index (χ4n) is 3.78. The van der Waals surface area contributed by atoms with Crippen molar-refractivity contribution in [2.45, 2.75) is 38.5 Å². The molecule has 0 aromatic heterocycles. The van der Waals surface area contributed by atoms with Crippen LogP contribution in [-0.4, -0.2) is 61.5 Å². The second-order valence-electron chi connectivity index (χ2n) is 7.46. The lowest BCUT2D eigenvalue weighted by Gasteiger charge is -2.34. The van der Waals surface area contributed by atoms with E-state index in [4.69, 9.17) is 9.47 Å². The normalized spacial score (nSPS) is 20.9. The first-order valence-electron chi connectivity index (χ1n) is 9.98. The first-order valence-corrected chi connectivity index (χ1v) is 9.98. The molecule has 148 valence electrons. The van der Waals surface area contributed by atoms with Gasteiger partial charge in [0.15, 0.2) is 0 Å². The second-order valence-corrected chi connectivity index (χ2v) is 7.46. The fraction of sp³-hybridized carbons (Fsp3) is 0.619. The van der Waals surface area contributed by atoms with Gasteiger partial charge < -0.3 is 19.3 Å². The summed E-state index contributed by atoms with van der Waals surface area (Å²) in [5, 5.41) is 0. The minimum atomic E-state index is 0.0689. The molecule has 0 N–H and O–H groups in total. The van der Waals surface area contributed by atoms with Crippen LogP contribution in [0.4, 0.5) is 0 Å². The van der Waals surface area contributed by atoms with Crippen molar-refractivity contribution in [3.63, 3.8) is 0 Å². The summed E-state index contributed by atoms with van der Waals surface area (Å²) >= 11 is 0. The maximum atomic E-state index is 12.7. The molecule has 27 heavy (non-hydrogen) atoms. The van der Waals surface area contributed by atoms with Crippen LogP contribution < -0.4 is 9.47 Å². The summed E-state index contributed by atoms with van der Waals surface area (Å²) in [4.78, 5) is 28.5. The zero-order valence-electron chi connectivity index (χ0n) is 16.2. The molecule has 2 amide bonds. The SMILES string of the molecule is COc1ccc(OCC2CCCN(C(=O)CN3CCCCCC3=O)C2)cc1. The maximum Gasteiger partial charge on any atom is 0.242 e. The summed E-state index contributed by atoms with van der Waals surface area (Å²) in [6.07, 6.45) is 5.63. The van der Waals surface area contributed by atoms with E-state index in [2.05, 4.69) is 0 Å². The molecule has 6 nitrogen and oxygen atoms in total. The van der Waals surface area contributed by atoms with Crippen molar-refractivity contribution in [2.75, 3.05) is 39.9 Å². The Morgan fingerprint density at radius 2 is 1.85 bits per heavy atom. The Morgan fingerprint density at radius 1 is 1.07 bits per heavy atom. The number of carbonyl (C=O) groups excluding carboxylic acids is 2. The van der Waals surface area contributed by atoms with Gasteiger partial charge in [0.1, 0.15) is 11.5 Å². The van der Waals surface area contributed by atoms with E-state index in [0.29, 0.717) is 32.0 Å². The number of carbonyl (C=O) groups is 2. The predicted molar refractivity (Wildman–Crippen MR) is 103 cm³/mol. The molecule has 2 saturated heterocycles. The van der Waals surface area contributed by atoms with E-state index in [-0.39, 0.29) is 18.4 Å². The number of amides is 2. The van der Waals surface area contributed by atoms with Gasteiger partial charge in [-0.05, 0) is 49.9 Å². The molecule has 0 spiro atoms. The standard InChI is InChI=1S/C21H30N2O4/c1-26-18-8-10-19(11-9-18)27-16-17-6-5-13-22(14-17)21(25)15-23-12-4-2-3-7-20(23)24/h8-11,17H,2-7,12-16H2,1H3. The van der Waals surface area contributed by atoms with Gasteiger partial charge in [-0.25, -0.2) is 0 Å². The molecule has 2 fully saturated rings. The highest BCUT2D eigenvalue weighted by molar-refractivity contribution is 5.85. The smallest absolute Gasteiger partial charge is 0.242 e. The predicted octanol–water partition coefficient (Wildman–Crippen LogP) is 2.72. The number of likely N-dealkylation sites (tertiary alicyclic amines) is 2. The second kappa shape index (κ2) is 9.62. The summed E-state index contributed by atoms with van der Waals surface area (Å²) in [6.45, 7) is 3.02. The number of piperidine rings is 1. The van der Waals surface area contributed by atoms with Gasteiger partial charge in [0.2, 0.25) is 11.8 Å². The summed E-state index contributed by atoms with van der Waals surface area (Å²) in [7, 11) is 1.64. The molecule has 1 unspecified atom stereocenters. The van der Waals surface area contributed by atoms with Crippen LogP contribution in [0.2, 0.25) is 0 Å². The van der Waals surface area contributed by atoms with Crippen molar-refractivity contribution in [1.29, 1.82) is 0 Å². The molecule has 1 aromatic carbocycles. The third kappa shape index (κ3) is 5.62. The lowest BCUT2D eigenvalue weighted by Crippen LogP contribution is -2.47. The van der Waals surface area contributed by atoms with Crippen molar-refractivity contribution in [1.82, 2.24) is 9.80 Å². The average Bonchev–Trinajstić information content (AvgIpc) is 2.91. The summed E-state index contributed by atoms with van der Waals surface area (Å²) < 4.78 is 11.1. The summed E-state index contributed by atoms with van der Waals surface area (Å²) in [5.41, 5.74) is 0. The van der Waals surface area contributed by atoms with Crippen molar-refractivity contribution in [3.05, 3.63) is 24.3 Å². The molecule has 2 aliphatic rings. The highest BCUT2D eigenvalue weighted by Gasteiger charge is 2.27. The average molecular weight is 374 g/mol. The van der Waals surface area contributed by atoms with Crippen LogP contribution in [0.3, 0.4) is 0 Å². The molecule has 2 aliphatic heterocycles. The van der Waals surface area contributed by atoms with Crippen LogP contribution in [0.1, 0.15) is 38.5 Å². The van der Waals surface area contributed by atoms with E-state index >= 15 is 0 Å². The van der Waals surface area contributed by atoms with Crippen molar-refractivity contribution >= 4 is 11.8 Å². The third-order valence-corrected chi connectivity index (χ3v) is 5.41. The topological polar surface area (TPSA) is 59.1 Å². The van der Waals surface area contributed by atoms with Crippen molar-refractivity contribution in [2.24, 2.45) is 5.92 Å². The Kier molecular flexibility index (Phi) is 6.96. The molecule has 2 heterocycles. The molecular formula is C21H30N2O4. The molecule has 0 aliphatic carbocycles. The quantitative estimate of drug-likeness (QED) is 0.768. The number of hydrogen-bond acceptors (Lipinski definition) is 4. The zero-order chi connectivity index (χ0) is 19.1. The first-order chi connectivity index (χ1) is 13.2. The molecule has 0 radical (unpaired) electrons. The van der Waals surface area contributed by atoms with E-state index in [1.54, 1.807) is 12.0 Å². The minimum absolute atomic E-state index is 0.0689. The Labute approximate surface area is 161 Å². The molecule has 0 bridgehead atoms. The largest absolute Gasteiger partial charge is 0.497 e. The van der Waals surface area contributed by atoms with Crippen molar-refractivity contribution in [3.8, 4) is 11.5 Å². The highest BCUT2D eigenvalue weighted by Crippen LogP contribution is 2.21. The number of hydrogen-bond donors (Lipinski definition) is 0. The molecule has 0 saturated carbocycles. The monoisotopic (exact) mass is 374 g/mol. The van der Waals surface area contributed by atoms with Gasteiger partial charge in [-0.1, -0.05) is 6.42 Å². The van der Waals surface area contributed by atoms with Crippen LogP contribution in [0, 0.1) is 5.92 Å². The number of nitrogens with zero attached hydrogens (tertiary/aromatic N) is 2. The van der Waals surface area contributed by atoms with Crippen LogP contribution in [0.15, 0.2) is 24.3 Å². The van der Waals surface area contributed by atoms with Crippen LogP contribution >= 0.6 is 0 Å². The molecule has 6 heteroatoms. The van der Waals surface area contributed by atoms with E-state index in [1.807, 2.05) is 29.2 Å². The van der Waals surface area contributed by atoms with E-state index in [1.165, 1.54) is 0 Å². The number of methoxy groups -OCH3 is 1.